The van der Waals surface area contributed by atoms with Crippen LogP contribution in [0.25, 0.3) is 11.1 Å². The molecule has 3 rings (SSSR count). The first-order valence-corrected chi connectivity index (χ1v) is 9.05. The van der Waals surface area contributed by atoms with Crippen LogP contribution in [0.2, 0.25) is 0 Å². The van der Waals surface area contributed by atoms with Gasteiger partial charge in [0, 0.05) is 19.4 Å². The van der Waals surface area contributed by atoms with Crippen molar-refractivity contribution in [1.29, 1.82) is 0 Å². The van der Waals surface area contributed by atoms with Gasteiger partial charge in [-0.25, -0.2) is 0 Å². The Bertz CT molecular complexity index is 807. The Hall–Kier alpha value is -2.70. The number of carbonyl (C=O) groups excluding carboxylic acids is 2. The minimum Gasteiger partial charge on any atom is -0.392 e. The zero-order chi connectivity index (χ0) is 19.4. The second-order valence-electron chi connectivity index (χ2n) is 7.27. The molecule has 1 heterocycles. The van der Waals surface area contributed by atoms with Gasteiger partial charge in [-0.3, -0.25) is 9.59 Å². The van der Waals surface area contributed by atoms with Crippen molar-refractivity contribution >= 4 is 11.8 Å². The summed E-state index contributed by atoms with van der Waals surface area (Å²) in [6.45, 7) is 2.07. The van der Waals surface area contributed by atoms with E-state index in [9.17, 15) is 14.7 Å². The standard InChI is InChI=1S/C21H25N3O3/c1-21(12-17(25)13-23-21)20(27)24-18(19(22)26)11-14-7-9-16(10-8-14)15-5-3-2-4-6-15/h2-10,17-18,23,25H,11-13H2,1H3,(H2,22,26)(H,24,27)/t17-,18-,21-/m1/s1. The number of carbonyl (C=O) groups is 2. The molecule has 2 amide bonds. The lowest BCUT2D eigenvalue weighted by molar-refractivity contribution is -0.131. The third kappa shape index (κ3) is 4.53. The van der Waals surface area contributed by atoms with Crippen molar-refractivity contribution < 1.29 is 14.7 Å². The number of β-amino-alcohol motifs (C(OH)–C–C–N with tert-alkyl or cyclic N) is 1. The highest BCUT2D eigenvalue weighted by atomic mass is 16.3. The number of hydrogen-bond acceptors (Lipinski definition) is 4. The fourth-order valence-corrected chi connectivity index (χ4v) is 3.37. The second-order valence-corrected chi connectivity index (χ2v) is 7.27. The topological polar surface area (TPSA) is 104 Å². The van der Waals surface area contributed by atoms with E-state index in [0.717, 1.165) is 16.7 Å². The molecule has 0 spiro atoms. The maximum Gasteiger partial charge on any atom is 0.240 e. The van der Waals surface area contributed by atoms with Crippen molar-refractivity contribution in [3.63, 3.8) is 0 Å². The van der Waals surface area contributed by atoms with Gasteiger partial charge in [0.15, 0.2) is 0 Å². The van der Waals surface area contributed by atoms with Gasteiger partial charge in [-0.1, -0.05) is 54.6 Å². The van der Waals surface area contributed by atoms with E-state index < -0.39 is 23.6 Å². The number of amides is 2. The number of rotatable bonds is 6. The highest BCUT2D eigenvalue weighted by Gasteiger charge is 2.41. The Balaban J connectivity index is 1.68. The Morgan fingerprint density at radius 3 is 2.37 bits per heavy atom. The highest BCUT2D eigenvalue weighted by Crippen LogP contribution is 2.21. The van der Waals surface area contributed by atoms with Crippen LogP contribution >= 0.6 is 0 Å². The molecule has 1 aliphatic heterocycles. The molecule has 6 nitrogen and oxygen atoms in total. The van der Waals surface area contributed by atoms with Gasteiger partial charge < -0.3 is 21.5 Å². The van der Waals surface area contributed by atoms with Crippen LogP contribution < -0.4 is 16.4 Å². The molecule has 0 radical (unpaired) electrons. The molecule has 0 aliphatic carbocycles. The molecule has 1 aliphatic rings. The molecule has 1 fully saturated rings. The summed E-state index contributed by atoms with van der Waals surface area (Å²) in [5.41, 5.74) is 7.70. The number of benzene rings is 2. The van der Waals surface area contributed by atoms with E-state index in [2.05, 4.69) is 10.6 Å². The molecule has 0 saturated carbocycles. The van der Waals surface area contributed by atoms with Gasteiger partial charge in [-0.05, 0) is 23.6 Å². The third-order valence-corrected chi connectivity index (χ3v) is 5.02. The average molecular weight is 367 g/mol. The highest BCUT2D eigenvalue weighted by molar-refractivity contribution is 5.91. The number of nitrogens with one attached hydrogen (secondary N) is 2. The quantitative estimate of drug-likeness (QED) is 0.611. The third-order valence-electron chi connectivity index (χ3n) is 5.02. The van der Waals surface area contributed by atoms with E-state index >= 15 is 0 Å². The molecular formula is C21H25N3O3. The molecule has 6 heteroatoms. The Labute approximate surface area is 158 Å². The van der Waals surface area contributed by atoms with Crippen LogP contribution in [-0.4, -0.2) is 41.2 Å². The molecule has 3 atom stereocenters. The van der Waals surface area contributed by atoms with Gasteiger partial charge in [-0.15, -0.1) is 0 Å². The number of hydrogen-bond donors (Lipinski definition) is 4. The zero-order valence-electron chi connectivity index (χ0n) is 15.3. The van der Waals surface area contributed by atoms with Crippen LogP contribution in [0.1, 0.15) is 18.9 Å². The minimum atomic E-state index is -0.899. The molecule has 0 unspecified atom stereocenters. The van der Waals surface area contributed by atoms with Gasteiger partial charge in [0.05, 0.1) is 11.6 Å². The van der Waals surface area contributed by atoms with Gasteiger partial charge in [-0.2, -0.15) is 0 Å². The van der Waals surface area contributed by atoms with Crippen LogP contribution in [0.4, 0.5) is 0 Å². The van der Waals surface area contributed by atoms with Crippen molar-refractivity contribution in [2.24, 2.45) is 5.73 Å². The molecular weight excluding hydrogens is 342 g/mol. The lowest BCUT2D eigenvalue weighted by Crippen LogP contribution is -2.56. The van der Waals surface area contributed by atoms with E-state index in [1.165, 1.54) is 0 Å². The van der Waals surface area contributed by atoms with Crippen molar-refractivity contribution in [2.75, 3.05) is 6.54 Å². The molecule has 0 aromatic heterocycles. The van der Waals surface area contributed by atoms with Crippen LogP contribution in [0.5, 0.6) is 0 Å². The maximum atomic E-state index is 12.6. The number of aliphatic hydroxyl groups excluding tert-OH is 1. The molecule has 2 aromatic carbocycles. The van der Waals surface area contributed by atoms with E-state index in [-0.39, 0.29) is 5.91 Å². The average Bonchev–Trinajstić information content (AvgIpc) is 3.02. The van der Waals surface area contributed by atoms with E-state index in [1.807, 2.05) is 54.6 Å². The van der Waals surface area contributed by atoms with Gasteiger partial charge >= 0.3 is 0 Å². The van der Waals surface area contributed by atoms with Gasteiger partial charge in [0.2, 0.25) is 11.8 Å². The van der Waals surface area contributed by atoms with Gasteiger partial charge in [0.25, 0.3) is 0 Å². The van der Waals surface area contributed by atoms with Crippen LogP contribution in [0.15, 0.2) is 54.6 Å². The summed E-state index contributed by atoms with van der Waals surface area (Å²) in [6, 6.07) is 17.0. The molecule has 0 bridgehead atoms. The summed E-state index contributed by atoms with van der Waals surface area (Å²) in [5, 5.41) is 15.4. The fraction of sp³-hybridized carbons (Fsp3) is 0.333. The van der Waals surface area contributed by atoms with Crippen LogP contribution in [0, 0.1) is 0 Å². The number of nitrogens with two attached hydrogens (primary N) is 1. The first-order chi connectivity index (χ1) is 12.9. The van der Waals surface area contributed by atoms with E-state index in [0.29, 0.717) is 19.4 Å². The van der Waals surface area contributed by atoms with E-state index in [4.69, 9.17) is 5.73 Å². The maximum absolute atomic E-state index is 12.6. The van der Waals surface area contributed by atoms with Crippen molar-refractivity contribution in [3.8, 4) is 11.1 Å². The zero-order valence-corrected chi connectivity index (χ0v) is 15.3. The predicted molar refractivity (Wildman–Crippen MR) is 104 cm³/mol. The Morgan fingerprint density at radius 2 is 1.81 bits per heavy atom. The smallest absolute Gasteiger partial charge is 0.240 e. The molecule has 1 saturated heterocycles. The normalized spacial score (nSPS) is 23.0. The first kappa shape index (κ1) is 19.1. The van der Waals surface area contributed by atoms with Gasteiger partial charge in [0.1, 0.15) is 6.04 Å². The van der Waals surface area contributed by atoms with Crippen molar-refractivity contribution in [3.05, 3.63) is 60.2 Å². The second kappa shape index (κ2) is 7.90. The summed E-state index contributed by atoms with van der Waals surface area (Å²) in [6.07, 6.45) is 0.0449. The SMILES string of the molecule is C[C@]1(C(=O)N[C@H](Cc2ccc(-c3ccccc3)cc2)C(N)=O)C[C@@H](O)CN1. The lowest BCUT2D eigenvalue weighted by atomic mass is 9.96. The summed E-state index contributed by atoms with van der Waals surface area (Å²) in [7, 11) is 0. The van der Waals surface area contributed by atoms with Crippen LogP contribution in [0.3, 0.4) is 0 Å². The summed E-state index contributed by atoms with van der Waals surface area (Å²) in [5.74, 6) is -0.915. The molecule has 5 N–H and O–H groups in total. The Morgan fingerprint density at radius 1 is 1.19 bits per heavy atom. The van der Waals surface area contributed by atoms with Crippen LogP contribution in [-0.2, 0) is 16.0 Å². The Kier molecular flexibility index (Phi) is 5.58. The minimum absolute atomic E-state index is 0.302. The number of primary amides is 1. The monoisotopic (exact) mass is 367 g/mol. The largest absolute Gasteiger partial charge is 0.392 e. The predicted octanol–water partition coefficient (Wildman–Crippen LogP) is 0.979. The fourth-order valence-electron chi connectivity index (χ4n) is 3.37. The molecule has 27 heavy (non-hydrogen) atoms. The first-order valence-electron chi connectivity index (χ1n) is 9.05. The molecule has 2 aromatic rings. The molecule has 142 valence electrons. The summed E-state index contributed by atoms with van der Waals surface area (Å²) < 4.78 is 0. The van der Waals surface area contributed by atoms with Crippen molar-refractivity contribution in [1.82, 2.24) is 10.6 Å². The lowest BCUT2D eigenvalue weighted by Gasteiger charge is -2.26. The summed E-state index contributed by atoms with van der Waals surface area (Å²) >= 11 is 0. The van der Waals surface area contributed by atoms with E-state index in [1.54, 1.807) is 6.92 Å². The number of aliphatic hydroxyl groups is 1. The summed E-state index contributed by atoms with van der Waals surface area (Å²) in [4.78, 5) is 24.4. The van der Waals surface area contributed by atoms with Crippen molar-refractivity contribution in [2.45, 2.75) is 37.5 Å².